The van der Waals surface area contributed by atoms with E-state index in [4.69, 9.17) is 47.4 Å². The molecule has 6 heterocycles. The Bertz CT molecular complexity index is 1870. The lowest BCUT2D eigenvalue weighted by molar-refractivity contribution is -0.393. The van der Waals surface area contributed by atoms with E-state index in [9.17, 15) is 66.4 Å². The second-order valence-corrected chi connectivity index (χ2v) is 24.4. The van der Waals surface area contributed by atoms with Crippen LogP contribution in [-0.4, -0.2) is 240 Å². The third kappa shape index (κ3) is 9.66. The summed E-state index contributed by atoms with van der Waals surface area (Å²) in [4.78, 5) is 0. The molecule has 0 radical (unpaired) electrons. The molecule has 13 N–H and O–H groups in total. The van der Waals surface area contributed by atoms with E-state index in [1.807, 2.05) is 0 Å². The van der Waals surface area contributed by atoms with Crippen LogP contribution in [0.5, 0.6) is 0 Å². The average molecular weight is 1070 g/mol. The van der Waals surface area contributed by atoms with E-state index in [1.54, 1.807) is 0 Å². The third-order valence-electron chi connectivity index (χ3n) is 20.4. The molecule has 6 saturated heterocycles. The maximum Gasteiger partial charge on any atom is 0.187 e. The summed E-state index contributed by atoms with van der Waals surface area (Å²) in [5.74, 6) is 3.02. The van der Waals surface area contributed by atoms with Gasteiger partial charge in [0.25, 0.3) is 0 Å². The highest BCUT2D eigenvalue weighted by Crippen LogP contribution is 2.71. The molecule has 426 valence electrons. The zero-order valence-electron chi connectivity index (χ0n) is 42.7. The van der Waals surface area contributed by atoms with Crippen LogP contribution < -0.4 is 0 Å². The number of aliphatic hydroxyl groups is 13. The highest BCUT2D eigenvalue weighted by Gasteiger charge is 2.69. The first-order chi connectivity index (χ1) is 35.2. The molecule has 1 spiro atoms. The Morgan fingerprint density at radius 1 is 0.500 bits per heavy atom. The van der Waals surface area contributed by atoms with Gasteiger partial charge in [-0.2, -0.15) is 0 Å². The smallest absolute Gasteiger partial charge is 0.187 e. The van der Waals surface area contributed by atoms with Gasteiger partial charge in [-0.1, -0.05) is 27.7 Å². The molecular formula is C51H84O23. The molecule has 10 rings (SSSR count). The van der Waals surface area contributed by atoms with Crippen LogP contribution in [0.2, 0.25) is 0 Å². The van der Waals surface area contributed by atoms with Crippen LogP contribution >= 0.6 is 0 Å². The van der Waals surface area contributed by atoms with Crippen molar-refractivity contribution in [2.75, 3.05) is 33.0 Å². The largest absolute Gasteiger partial charge is 0.394 e. The van der Waals surface area contributed by atoms with Crippen molar-refractivity contribution in [1.82, 2.24) is 0 Å². The fourth-order valence-corrected chi connectivity index (χ4v) is 16.1. The van der Waals surface area contributed by atoms with Crippen molar-refractivity contribution in [2.45, 2.75) is 233 Å². The number of ether oxygens (including phenoxy) is 10. The van der Waals surface area contributed by atoms with Crippen LogP contribution in [0.15, 0.2) is 0 Å². The van der Waals surface area contributed by atoms with E-state index in [2.05, 4.69) is 27.7 Å². The lowest BCUT2D eigenvalue weighted by atomic mass is 9.44. The predicted octanol–water partition coefficient (Wildman–Crippen LogP) is -2.91. The molecule has 23 nitrogen and oxygen atoms in total. The number of fused-ring (bicyclic) bond motifs is 7. The summed E-state index contributed by atoms with van der Waals surface area (Å²) < 4.78 is 60.8. The van der Waals surface area contributed by atoms with Gasteiger partial charge in [-0.25, -0.2) is 0 Å². The maximum absolute atomic E-state index is 11.8. The first kappa shape index (κ1) is 56.4. The van der Waals surface area contributed by atoms with E-state index in [1.165, 1.54) is 0 Å². The Balaban J connectivity index is 0.797. The third-order valence-corrected chi connectivity index (χ3v) is 20.4. The summed E-state index contributed by atoms with van der Waals surface area (Å²) >= 11 is 0. The van der Waals surface area contributed by atoms with Gasteiger partial charge < -0.3 is 114 Å². The van der Waals surface area contributed by atoms with E-state index in [0.29, 0.717) is 47.8 Å². The van der Waals surface area contributed by atoms with Gasteiger partial charge in [0.05, 0.1) is 45.2 Å². The number of aliphatic hydroxyl groups excluding tert-OH is 13. The van der Waals surface area contributed by atoms with E-state index >= 15 is 0 Å². The Kier molecular flexibility index (Phi) is 16.6. The van der Waals surface area contributed by atoms with Crippen LogP contribution in [0.4, 0.5) is 0 Å². The molecule has 74 heavy (non-hydrogen) atoms. The van der Waals surface area contributed by atoms with Crippen LogP contribution in [0, 0.1) is 52.3 Å². The molecule has 6 unspecified atom stereocenters. The second-order valence-electron chi connectivity index (χ2n) is 24.4. The minimum absolute atomic E-state index is 0.0837. The van der Waals surface area contributed by atoms with Crippen LogP contribution in [0.25, 0.3) is 0 Å². The predicted molar refractivity (Wildman–Crippen MR) is 248 cm³/mol. The lowest BCUT2D eigenvalue weighted by Gasteiger charge is -2.61. The summed E-state index contributed by atoms with van der Waals surface area (Å²) in [6.45, 7) is 7.30. The van der Waals surface area contributed by atoms with Gasteiger partial charge in [0.15, 0.2) is 30.9 Å². The summed E-state index contributed by atoms with van der Waals surface area (Å²) in [5, 5.41) is 139. The quantitative estimate of drug-likeness (QED) is 0.0872. The normalized spacial score (nSPS) is 57.6. The second kappa shape index (κ2) is 21.9. The molecule has 4 saturated carbocycles. The van der Waals surface area contributed by atoms with Crippen LogP contribution in [-0.2, 0) is 47.4 Å². The Morgan fingerprint density at radius 2 is 1.07 bits per heavy atom. The van der Waals surface area contributed by atoms with Gasteiger partial charge in [-0.3, -0.25) is 0 Å². The molecule has 0 aromatic heterocycles. The van der Waals surface area contributed by atoms with E-state index < -0.39 is 155 Å². The zero-order valence-corrected chi connectivity index (χ0v) is 42.7. The minimum Gasteiger partial charge on any atom is -0.394 e. The summed E-state index contributed by atoms with van der Waals surface area (Å²) in [6, 6.07) is 0. The highest BCUT2D eigenvalue weighted by molar-refractivity contribution is 5.15. The number of hydrogen-bond donors (Lipinski definition) is 13. The molecule has 10 aliphatic rings. The van der Waals surface area contributed by atoms with Crippen molar-refractivity contribution in [3.8, 4) is 0 Å². The Labute approximate surface area is 430 Å². The highest BCUT2D eigenvalue weighted by atomic mass is 16.8. The van der Waals surface area contributed by atoms with Crippen molar-refractivity contribution in [1.29, 1.82) is 0 Å². The van der Waals surface area contributed by atoms with Crippen molar-refractivity contribution in [3.63, 3.8) is 0 Å². The molecular weight excluding hydrogens is 981 g/mol. The molecule has 0 aromatic rings. The fourth-order valence-electron chi connectivity index (χ4n) is 16.1. The van der Waals surface area contributed by atoms with Crippen LogP contribution in [0.3, 0.4) is 0 Å². The molecule has 6 aliphatic heterocycles. The molecule has 0 aromatic carbocycles. The maximum atomic E-state index is 11.8. The average Bonchev–Trinajstić information content (AvgIpc) is 3.84. The topological polar surface area (TPSA) is 355 Å². The van der Waals surface area contributed by atoms with Gasteiger partial charge >= 0.3 is 0 Å². The Hall–Kier alpha value is -0.920. The summed E-state index contributed by atoms with van der Waals surface area (Å²) in [7, 11) is 0. The zero-order chi connectivity index (χ0) is 52.9. The first-order valence-corrected chi connectivity index (χ1v) is 27.3. The molecule has 10 fully saturated rings. The van der Waals surface area contributed by atoms with Crippen molar-refractivity contribution in [2.24, 2.45) is 52.3 Å². The SMILES string of the molecule is CC1C2C(CC3C4CC[C@@H]5C[C@@H](O[C@@H]6O[C@H](CO)[C@@H](O[C@H]7O[C@H](CO[C@@H]8O[C@H](CO)[C@H](O)[C@H](O)[C@H]8O)[C@@H](O)[C@H](O)[C@H]7O[C@@H]7O[C@H](CO)[C@H](O)[C@H](O)[C@H]7O)[C@H](O)[C@H]6O)CC[C@]5(C)C4CC[C@@]32C)O[C@]12CC[C@@H](C)CO2. The van der Waals surface area contributed by atoms with Gasteiger partial charge in [0, 0.05) is 12.3 Å². The molecule has 32 atom stereocenters. The molecule has 4 aliphatic carbocycles. The molecule has 0 amide bonds. The van der Waals surface area contributed by atoms with Crippen molar-refractivity contribution >= 4 is 0 Å². The first-order valence-electron chi connectivity index (χ1n) is 27.3. The van der Waals surface area contributed by atoms with E-state index in [0.717, 1.165) is 64.4 Å². The standard InChI is InChI=1S/C51H84O23/c1-20-7-12-51(66-18-20)21(2)32-27(74-51)14-26-24-6-5-22-13-23(8-10-49(22,3)25(24)9-11-50(26,32)4)67-46-42(64)39(61)43(30(17-54)70-46)72-48-44(73-47-41(63)37(59)34(56)29(16-53)69-47)38(60)35(57)31(71-48)19-65-45-40(62)36(58)33(55)28(15-52)68-45/h20-48,52-64H,5-19H2,1-4H3/t20-,21?,22-,23+,24?,25?,26?,27?,28-,29-,30-,31-,32?,33+,34+,35-,36+,37+,38+,39-,40-,41-,42-,43-,44-,45-,46-,47+,48-,49+,50+,51-/m1/s1. The summed E-state index contributed by atoms with van der Waals surface area (Å²) in [6.07, 6.45) is -24.9. The molecule has 0 bridgehead atoms. The van der Waals surface area contributed by atoms with E-state index in [-0.39, 0.29) is 23.0 Å². The fraction of sp³-hybridized carbons (Fsp3) is 1.00. The van der Waals surface area contributed by atoms with Gasteiger partial charge in [-0.05, 0) is 104 Å². The van der Waals surface area contributed by atoms with Crippen molar-refractivity contribution < 1.29 is 114 Å². The minimum atomic E-state index is -2.03. The van der Waals surface area contributed by atoms with Crippen molar-refractivity contribution in [3.05, 3.63) is 0 Å². The Morgan fingerprint density at radius 3 is 1.73 bits per heavy atom. The van der Waals surface area contributed by atoms with Gasteiger partial charge in [0.2, 0.25) is 0 Å². The summed E-state index contributed by atoms with van der Waals surface area (Å²) in [5.41, 5.74) is 0.279. The monoisotopic (exact) mass is 1060 g/mol. The molecule has 23 heteroatoms. The lowest BCUT2D eigenvalue weighted by Crippen LogP contribution is -2.67. The van der Waals surface area contributed by atoms with Gasteiger partial charge in [-0.15, -0.1) is 0 Å². The van der Waals surface area contributed by atoms with Gasteiger partial charge in [0.1, 0.15) is 97.7 Å². The number of hydrogen-bond acceptors (Lipinski definition) is 23. The number of rotatable bonds is 12. The van der Waals surface area contributed by atoms with Crippen LogP contribution in [0.1, 0.15) is 91.9 Å².